The van der Waals surface area contributed by atoms with E-state index in [-0.39, 0.29) is 23.4 Å². The number of aromatic hydroxyl groups is 2. The number of aryl methyl sites for hydroxylation is 2. The fourth-order valence-electron chi connectivity index (χ4n) is 5.12. The minimum absolute atomic E-state index is 0.0108. The summed E-state index contributed by atoms with van der Waals surface area (Å²) in [5.74, 6) is 0.397. The second kappa shape index (κ2) is 13.9. The van der Waals surface area contributed by atoms with Crippen molar-refractivity contribution < 1.29 is 15.0 Å². The highest BCUT2D eigenvalue weighted by Gasteiger charge is 2.26. The molecule has 0 spiro atoms. The predicted molar refractivity (Wildman–Crippen MR) is 172 cm³/mol. The van der Waals surface area contributed by atoms with Gasteiger partial charge in [-0.15, -0.1) is 19.8 Å². The molecule has 2 N–H and O–H groups in total. The van der Waals surface area contributed by atoms with E-state index >= 15 is 0 Å². The van der Waals surface area contributed by atoms with Crippen molar-refractivity contribution in [2.24, 2.45) is 10.2 Å². The first kappa shape index (κ1) is 31.6. The summed E-state index contributed by atoms with van der Waals surface area (Å²) >= 11 is 0. The largest absolute Gasteiger partial charge is 0.508 e. The van der Waals surface area contributed by atoms with E-state index in [0.29, 0.717) is 46.0 Å². The van der Waals surface area contributed by atoms with Crippen LogP contribution < -0.4 is 4.90 Å². The maximum atomic E-state index is 13.2. The molecule has 1 amide bonds. The fourth-order valence-corrected chi connectivity index (χ4v) is 5.12. The highest BCUT2D eigenvalue weighted by atomic mass is 16.3. The molecule has 0 aliphatic heterocycles. The molecule has 14 nitrogen and oxygen atoms in total. The van der Waals surface area contributed by atoms with Crippen LogP contribution in [0.3, 0.4) is 0 Å². The number of aromatic nitrogens is 8. The van der Waals surface area contributed by atoms with Crippen molar-refractivity contribution in [1.82, 2.24) is 40.6 Å². The topological polar surface area (TPSA) is 173 Å². The molecule has 0 bridgehead atoms. The zero-order chi connectivity index (χ0) is 32.8. The highest BCUT2D eigenvalue weighted by molar-refractivity contribution is 5.94. The van der Waals surface area contributed by atoms with Crippen LogP contribution in [0.15, 0.2) is 70.9 Å². The van der Waals surface area contributed by atoms with Crippen molar-refractivity contribution in [3.8, 4) is 11.5 Å². The zero-order valence-electron chi connectivity index (χ0n) is 26.2. The second-order valence-electron chi connectivity index (χ2n) is 11.0. The van der Waals surface area contributed by atoms with Crippen LogP contribution in [0.4, 0.5) is 5.69 Å². The minimum Gasteiger partial charge on any atom is -0.508 e. The summed E-state index contributed by atoms with van der Waals surface area (Å²) in [6, 6.07) is 17.7. The molecule has 2 aromatic heterocycles. The third-order valence-electron chi connectivity index (χ3n) is 7.30. The number of phenolic OH excluding ortho intramolecular Hbond substituents is 2. The van der Waals surface area contributed by atoms with Gasteiger partial charge in [-0.25, -0.2) is 0 Å². The number of anilines is 1. The molecule has 5 aromatic rings. The van der Waals surface area contributed by atoms with Gasteiger partial charge in [0.25, 0.3) is 0 Å². The molecule has 2 heterocycles. The van der Waals surface area contributed by atoms with Crippen LogP contribution in [0, 0.1) is 13.8 Å². The molecule has 236 valence electrons. The number of amides is 1. The number of nitrogens with zero attached hydrogens (tertiary/aromatic N) is 11. The van der Waals surface area contributed by atoms with Crippen LogP contribution in [0.25, 0.3) is 0 Å². The maximum absolute atomic E-state index is 13.2. The van der Waals surface area contributed by atoms with E-state index in [9.17, 15) is 15.0 Å². The first-order valence-corrected chi connectivity index (χ1v) is 14.8. The molecule has 0 aliphatic carbocycles. The Balaban J connectivity index is 1.66. The van der Waals surface area contributed by atoms with Gasteiger partial charge in [0, 0.05) is 35.2 Å². The molecule has 0 radical (unpaired) electrons. The zero-order valence-corrected chi connectivity index (χ0v) is 26.2. The summed E-state index contributed by atoms with van der Waals surface area (Å²) in [6.07, 6.45) is 4.31. The van der Waals surface area contributed by atoms with Gasteiger partial charge in [0.15, 0.2) is 11.6 Å². The van der Waals surface area contributed by atoms with Crippen molar-refractivity contribution in [2.75, 3.05) is 4.90 Å². The number of phenols is 2. The number of hydrogen-bond donors (Lipinski definition) is 2. The Morgan fingerprint density at radius 1 is 0.848 bits per heavy atom. The summed E-state index contributed by atoms with van der Waals surface area (Å²) in [7, 11) is 0. The van der Waals surface area contributed by atoms with Crippen molar-refractivity contribution in [3.63, 3.8) is 0 Å². The summed E-state index contributed by atoms with van der Waals surface area (Å²) in [5, 5.41) is 53.9. The number of benzene rings is 3. The van der Waals surface area contributed by atoms with Crippen LogP contribution in [-0.2, 0) is 4.79 Å². The number of tetrazole rings is 2. The summed E-state index contributed by atoms with van der Waals surface area (Å²) < 4.78 is 0. The third kappa shape index (κ3) is 6.96. The molecule has 3 aromatic carbocycles. The lowest BCUT2D eigenvalue weighted by Gasteiger charge is -2.29. The quantitative estimate of drug-likeness (QED) is 0.162. The molecule has 0 aliphatic rings. The third-order valence-corrected chi connectivity index (χ3v) is 7.30. The highest BCUT2D eigenvalue weighted by Crippen LogP contribution is 2.42. The molecule has 0 atom stereocenters. The summed E-state index contributed by atoms with van der Waals surface area (Å²) in [5.41, 5.74) is 3.80. The summed E-state index contributed by atoms with van der Waals surface area (Å²) in [4.78, 5) is 17.5. The Bertz CT molecular complexity index is 1790. The molecule has 14 heteroatoms. The lowest BCUT2D eigenvalue weighted by atomic mass is 9.82. The lowest BCUT2D eigenvalue weighted by molar-refractivity contribution is -0.119. The molecule has 0 saturated carbocycles. The molecular formula is C32H35N11O3. The van der Waals surface area contributed by atoms with E-state index in [2.05, 4.69) is 41.3 Å². The van der Waals surface area contributed by atoms with Gasteiger partial charge in [0.1, 0.15) is 11.5 Å². The van der Waals surface area contributed by atoms with E-state index < -0.39 is 5.92 Å². The Morgan fingerprint density at radius 2 is 1.39 bits per heavy atom. The SMILES string of the molecule is CCCC(=O)N(c1cccc(C(c2cc(/C=N/n3nnnc3C)ccc2O)c2cc(/C=N/n3nnnc3C)ccc2O)c1)C(C)C. The van der Waals surface area contributed by atoms with Gasteiger partial charge >= 0.3 is 0 Å². The maximum Gasteiger partial charge on any atom is 0.227 e. The minimum atomic E-state index is -0.665. The van der Waals surface area contributed by atoms with Crippen molar-refractivity contribution in [3.05, 3.63) is 100 Å². The average Bonchev–Trinajstić information content (AvgIpc) is 3.64. The number of carbonyl (C=O) groups excluding carboxylic acids is 1. The van der Waals surface area contributed by atoms with E-state index in [0.717, 1.165) is 12.0 Å². The van der Waals surface area contributed by atoms with Crippen molar-refractivity contribution in [1.29, 1.82) is 0 Å². The fraction of sp³-hybridized carbons (Fsp3) is 0.281. The first-order valence-electron chi connectivity index (χ1n) is 14.8. The standard InChI is InChI=1S/C32H35N11O3/c1-6-8-31(46)41(20(2)3)26-10-7-9-25(17-26)32(27-15-23(11-13-29(27)44)18-33-42-21(4)35-37-39-42)28-16-24(12-14-30(28)45)19-34-43-22(5)36-38-40-43/h7,9-20,32,44-45H,6,8H2,1-5H3/b33-18+,34-19+. The van der Waals surface area contributed by atoms with Crippen molar-refractivity contribution >= 4 is 24.0 Å². The van der Waals surface area contributed by atoms with E-state index in [1.54, 1.807) is 67.6 Å². The van der Waals surface area contributed by atoms with E-state index in [1.807, 2.05) is 45.0 Å². The molecule has 46 heavy (non-hydrogen) atoms. The first-order chi connectivity index (χ1) is 22.2. The van der Waals surface area contributed by atoms with Crippen LogP contribution in [0.5, 0.6) is 11.5 Å². The van der Waals surface area contributed by atoms with Gasteiger partial charge in [-0.05, 0) is 120 Å². The number of carbonyl (C=O) groups is 1. The van der Waals surface area contributed by atoms with Crippen LogP contribution in [0.1, 0.15) is 79.0 Å². The Labute approximate surface area is 265 Å². The molecular weight excluding hydrogens is 586 g/mol. The lowest BCUT2D eigenvalue weighted by Crippen LogP contribution is -2.36. The van der Waals surface area contributed by atoms with E-state index in [4.69, 9.17) is 0 Å². The van der Waals surface area contributed by atoms with Gasteiger partial charge in [-0.1, -0.05) is 19.1 Å². The van der Waals surface area contributed by atoms with Gasteiger partial charge in [0.05, 0.1) is 12.4 Å². The Hall–Kier alpha value is -5.79. The van der Waals surface area contributed by atoms with Crippen LogP contribution in [-0.4, -0.2) is 75.2 Å². The second-order valence-corrected chi connectivity index (χ2v) is 11.0. The Kier molecular flexibility index (Phi) is 9.55. The van der Waals surface area contributed by atoms with Gasteiger partial charge in [0.2, 0.25) is 5.91 Å². The molecule has 0 unspecified atom stereocenters. The smallest absolute Gasteiger partial charge is 0.227 e. The number of hydrogen-bond acceptors (Lipinski definition) is 11. The van der Waals surface area contributed by atoms with E-state index in [1.165, 1.54) is 9.58 Å². The molecule has 0 saturated heterocycles. The monoisotopic (exact) mass is 621 g/mol. The Morgan fingerprint density at radius 3 is 1.85 bits per heavy atom. The summed E-state index contributed by atoms with van der Waals surface area (Å²) in [6.45, 7) is 9.38. The normalized spacial score (nSPS) is 11.8. The number of rotatable bonds is 11. The van der Waals surface area contributed by atoms with Crippen LogP contribution in [0.2, 0.25) is 0 Å². The molecule has 5 rings (SSSR count). The molecule has 0 fully saturated rings. The van der Waals surface area contributed by atoms with Gasteiger partial charge in [-0.2, -0.15) is 10.2 Å². The van der Waals surface area contributed by atoms with Gasteiger partial charge < -0.3 is 15.1 Å². The van der Waals surface area contributed by atoms with Crippen molar-refractivity contribution in [2.45, 2.75) is 59.4 Å². The average molecular weight is 622 g/mol. The van der Waals surface area contributed by atoms with Crippen LogP contribution >= 0.6 is 0 Å². The predicted octanol–water partition coefficient (Wildman–Crippen LogP) is 4.17. The van der Waals surface area contributed by atoms with Gasteiger partial charge in [-0.3, -0.25) is 4.79 Å².